The van der Waals surface area contributed by atoms with Gasteiger partial charge in [-0.1, -0.05) is 35.0 Å². The Morgan fingerprint density at radius 3 is 2.47 bits per heavy atom. The van der Waals surface area contributed by atoms with Gasteiger partial charge in [-0.3, -0.25) is 4.79 Å². The van der Waals surface area contributed by atoms with Gasteiger partial charge < -0.3 is 5.32 Å². The molecule has 0 aromatic heterocycles. The second kappa shape index (κ2) is 6.74. The lowest BCUT2D eigenvalue weighted by Gasteiger charge is -2.19. The molecule has 17 heavy (non-hydrogen) atoms. The molecule has 0 saturated heterocycles. The van der Waals surface area contributed by atoms with Crippen LogP contribution in [-0.2, 0) is 11.2 Å². The van der Waals surface area contributed by atoms with E-state index in [2.05, 4.69) is 28.2 Å². The van der Waals surface area contributed by atoms with Crippen LogP contribution in [0.3, 0.4) is 0 Å². The van der Waals surface area contributed by atoms with Crippen molar-refractivity contribution in [1.82, 2.24) is 5.32 Å². The fourth-order valence-electron chi connectivity index (χ4n) is 1.37. The second-order valence-electron chi connectivity index (χ2n) is 4.29. The van der Waals surface area contributed by atoms with E-state index >= 15 is 0 Å². The molecule has 0 aliphatic carbocycles. The maximum absolute atomic E-state index is 12.7. The number of halogens is 2. The zero-order chi connectivity index (χ0) is 12.8. The predicted molar refractivity (Wildman–Crippen MR) is 70.7 cm³/mol. The molecule has 2 atom stereocenters. The predicted octanol–water partition coefficient (Wildman–Crippen LogP) is 2.90. The van der Waals surface area contributed by atoms with Crippen molar-refractivity contribution in [2.75, 3.05) is 5.33 Å². The minimum Gasteiger partial charge on any atom is -0.353 e. The highest BCUT2D eigenvalue weighted by atomic mass is 79.9. The highest BCUT2D eigenvalue weighted by Gasteiger charge is 2.13. The molecule has 0 spiro atoms. The summed E-state index contributed by atoms with van der Waals surface area (Å²) < 4.78 is 12.7. The summed E-state index contributed by atoms with van der Waals surface area (Å²) in [5.74, 6) is 0.0690. The highest BCUT2D eigenvalue weighted by molar-refractivity contribution is 9.09. The molecule has 0 radical (unpaired) electrons. The van der Waals surface area contributed by atoms with Crippen molar-refractivity contribution >= 4 is 21.8 Å². The molecule has 0 bridgehead atoms. The van der Waals surface area contributed by atoms with Gasteiger partial charge in [-0.25, -0.2) is 4.39 Å². The van der Waals surface area contributed by atoms with Crippen LogP contribution in [0, 0.1) is 11.7 Å². The summed E-state index contributed by atoms with van der Waals surface area (Å²) in [6.45, 7) is 4.05. The molecular weight excluding hydrogens is 285 g/mol. The van der Waals surface area contributed by atoms with Gasteiger partial charge in [0.15, 0.2) is 0 Å². The number of hydrogen-bond donors (Lipinski definition) is 1. The molecule has 2 nitrogen and oxygen atoms in total. The molecule has 0 fully saturated rings. The minimum atomic E-state index is -0.282. The van der Waals surface area contributed by atoms with Crippen LogP contribution in [0.2, 0.25) is 0 Å². The summed E-state index contributed by atoms with van der Waals surface area (Å²) in [6, 6.07) is 6.13. The number of amides is 1. The first-order chi connectivity index (χ1) is 8.02. The van der Waals surface area contributed by atoms with Gasteiger partial charge in [-0.15, -0.1) is 0 Å². The molecule has 1 N–H and O–H groups in total. The Morgan fingerprint density at radius 1 is 1.35 bits per heavy atom. The standard InChI is InChI=1S/C13H17BrFNO/c1-9(8-14)10(2)16-13(17)7-11-3-5-12(15)6-4-11/h3-6,9-10H,7-8H2,1-2H3,(H,16,17). The molecule has 0 aliphatic rings. The Balaban J connectivity index is 2.47. The molecule has 1 aromatic carbocycles. The van der Waals surface area contributed by atoms with Crippen LogP contribution < -0.4 is 5.32 Å². The largest absolute Gasteiger partial charge is 0.353 e. The summed E-state index contributed by atoms with van der Waals surface area (Å²) in [5, 5.41) is 3.78. The van der Waals surface area contributed by atoms with Gasteiger partial charge >= 0.3 is 0 Å². The van der Waals surface area contributed by atoms with E-state index in [0.717, 1.165) is 10.9 Å². The number of alkyl halides is 1. The molecular formula is C13H17BrFNO. The summed E-state index contributed by atoms with van der Waals surface area (Å²) in [6.07, 6.45) is 0.291. The first kappa shape index (κ1) is 14.2. The van der Waals surface area contributed by atoms with Gasteiger partial charge in [-0.2, -0.15) is 0 Å². The number of rotatable bonds is 5. The average molecular weight is 302 g/mol. The first-order valence-electron chi connectivity index (χ1n) is 5.62. The van der Waals surface area contributed by atoms with Crippen molar-refractivity contribution in [2.45, 2.75) is 26.3 Å². The van der Waals surface area contributed by atoms with Gasteiger partial charge in [0.1, 0.15) is 5.82 Å². The Bertz CT molecular complexity index is 366. The van der Waals surface area contributed by atoms with Crippen molar-refractivity contribution in [3.8, 4) is 0 Å². The number of nitrogens with one attached hydrogen (secondary N) is 1. The van der Waals surface area contributed by atoms with Crippen LogP contribution in [0.25, 0.3) is 0 Å². The highest BCUT2D eigenvalue weighted by Crippen LogP contribution is 2.07. The molecule has 4 heteroatoms. The van der Waals surface area contributed by atoms with Gasteiger partial charge in [0.25, 0.3) is 0 Å². The second-order valence-corrected chi connectivity index (χ2v) is 4.94. The minimum absolute atomic E-state index is 0.0306. The van der Waals surface area contributed by atoms with Gasteiger partial charge in [0.05, 0.1) is 6.42 Å². The normalized spacial score (nSPS) is 14.1. The number of carbonyl (C=O) groups is 1. The first-order valence-corrected chi connectivity index (χ1v) is 6.75. The van der Waals surface area contributed by atoms with E-state index in [1.807, 2.05) is 6.92 Å². The van der Waals surface area contributed by atoms with E-state index in [1.54, 1.807) is 12.1 Å². The SMILES string of the molecule is CC(CBr)C(C)NC(=O)Cc1ccc(F)cc1. The van der Waals surface area contributed by atoms with E-state index < -0.39 is 0 Å². The van der Waals surface area contributed by atoms with Crippen LogP contribution >= 0.6 is 15.9 Å². The fourth-order valence-corrected chi connectivity index (χ4v) is 1.93. The lowest BCUT2D eigenvalue weighted by atomic mass is 10.1. The third kappa shape index (κ3) is 4.86. The summed E-state index contributed by atoms with van der Waals surface area (Å²) >= 11 is 3.39. The number of carbonyl (C=O) groups excluding carboxylic acids is 1. The third-order valence-electron chi connectivity index (χ3n) is 2.76. The molecule has 0 aliphatic heterocycles. The van der Waals surface area contributed by atoms with Gasteiger partial charge in [-0.05, 0) is 30.5 Å². The zero-order valence-electron chi connectivity index (χ0n) is 10.0. The smallest absolute Gasteiger partial charge is 0.224 e. The monoisotopic (exact) mass is 301 g/mol. The Hall–Kier alpha value is -0.900. The average Bonchev–Trinajstić information content (AvgIpc) is 2.30. The number of benzene rings is 1. The van der Waals surface area contributed by atoms with E-state index in [9.17, 15) is 9.18 Å². The van der Waals surface area contributed by atoms with Crippen LogP contribution in [0.1, 0.15) is 19.4 Å². The van der Waals surface area contributed by atoms with E-state index in [4.69, 9.17) is 0 Å². The van der Waals surface area contributed by atoms with Crippen LogP contribution in [0.15, 0.2) is 24.3 Å². The quantitative estimate of drug-likeness (QED) is 0.833. The van der Waals surface area contributed by atoms with Crippen LogP contribution in [0.5, 0.6) is 0 Å². The van der Waals surface area contributed by atoms with Crippen molar-refractivity contribution in [1.29, 1.82) is 0 Å². The van der Waals surface area contributed by atoms with E-state index in [0.29, 0.717) is 12.3 Å². The lowest BCUT2D eigenvalue weighted by Crippen LogP contribution is -2.38. The van der Waals surface area contributed by atoms with Crippen molar-refractivity contribution in [2.24, 2.45) is 5.92 Å². The Kier molecular flexibility index (Phi) is 5.62. The molecule has 1 amide bonds. The topological polar surface area (TPSA) is 29.1 Å². The van der Waals surface area contributed by atoms with Crippen molar-refractivity contribution in [3.05, 3.63) is 35.6 Å². The van der Waals surface area contributed by atoms with Gasteiger partial charge in [0.2, 0.25) is 5.91 Å². The fraction of sp³-hybridized carbons (Fsp3) is 0.462. The third-order valence-corrected chi connectivity index (χ3v) is 3.78. The molecule has 94 valence electrons. The zero-order valence-corrected chi connectivity index (χ0v) is 11.6. The van der Waals surface area contributed by atoms with E-state index in [-0.39, 0.29) is 17.8 Å². The van der Waals surface area contributed by atoms with E-state index in [1.165, 1.54) is 12.1 Å². The summed E-state index contributed by atoms with van der Waals surface area (Å²) in [5.41, 5.74) is 0.822. The van der Waals surface area contributed by atoms with Crippen molar-refractivity contribution < 1.29 is 9.18 Å². The van der Waals surface area contributed by atoms with Crippen LogP contribution in [0.4, 0.5) is 4.39 Å². The lowest BCUT2D eigenvalue weighted by molar-refractivity contribution is -0.121. The maximum Gasteiger partial charge on any atom is 0.224 e. The van der Waals surface area contributed by atoms with Gasteiger partial charge in [0, 0.05) is 11.4 Å². The van der Waals surface area contributed by atoms with Crippen molar-refractivity contribution in [3.63, 3.8) is 0 Å². The molecule has 1 rings (SSSR count). The molecule has 1 aromatic rings. The Labute approximate surface area is 110 Å². The molecule has 0 heterocycles. The molecule has 0 saturated carbocycles. The summed E-state index contributed by atoms with van der Waals surface area (Å²) in [7, 11) is 0. The number of hydrogen-bond acceptors (Lipinski definition) is 1. The molecule has 2 unspecified atom stereocenters. The summed E-state index contributed by atoms with van der Waals surface area (Å²) in [4.78, 5) is 11.7. The Morgan fingerprint density at radius 2 is 1.94 bits per heavy atom. The maximum atomic E-state index is 12.7. The van der Waals surface area contributed by atoms with Crippen LogP contribution in [-0.4, -0.2) is 17.3 Å².